The number of nitrogens with one attached hydrogen (secondary N) is 1. The van der Waals surface area contributed by atoms with E-state index in [-0.39, 0.29) is 11.7 Å². The Morgan fingerprint density at radius 1 is 1.23 bits per heavy atom. The molecule has 1 N–H and O–H groups in total. The van der Waals surface area contributed by atoms with E-state index in [9.17, 15) is 16.8 Å². The summed E-state index contributed by atoms with van der Waals surface area (Å²) < 4.78 is 51.6. The first-order valence-electron chi connectivity index (χ1n) is 7.19. The van der Waals surface area contributed by atoms with Gasteiger partial charge in [-0.1, -0.05) is 19.9 Å². The summed E-state index contributed by atoms with van der Waals surface area (Å²) in [6.07, 6.45) is 2.72. The Balaban J connectivity index is 2.34. The number of rotatable bonds is 5. The van der Waals surface area contributed by atoms with E-state index in [1.54, 1.807) is 18.2 Å². The fourth-order valence-corrected chi connectivity index (χ4v) is 5.04. The Labute approximate surface area is 132 Å². The largest absolute Gasteiger partial charge is 0.283 e. The summed E-state index contributed by atoms with van der Waals surface area (Å²) in [6, 6.07) is 5.08. The second-order valence-corrected chi connectivity index (χ2v) is 9.73. The maximum atomic E-state index is 12.0. The summed E-state index contributed by atoms with van der Waals surface area (Å²) in [5, 5.41) is 0. The van der Waals surface area contributed by atoms with Gasteiger partial charge in [-0.15, -0.1) is 0 Å². The zero-order valence-electron chi connectivity index (χ0n) is 13.0. The van der Waals surface area contributed by atoms with Crippen molar-refractivity contribution in [3.05, 3.63) is 23.8 Å². The van der Waals surface area contributed by atoms with Gasteiger partial charge >= 0.3 is 0 Å². The molecule has 1 aromatic rings. The zero-order chi connectivity index (χ0) is 16.5. The van der Waals surface area contributed by atoms with Crippen LogP contribution in [-0.4, -0.2) is 35.4 Å². The van der Waals surface area contributed by atoms with E-state index >= 15 is 0 Å². The Morgan fingerprint density at radius 2 is 1.91 bits per heavy atom. The van der Waals surface area contributed by atoms with Crippen molar-refractivity contribution < 1.29 is 16.8 Å². The average Bonchev–Trinajstić information content (AvgIpc) is 2.34. The van der Waals surface area contributed by atoms with Gasteiger partial charge < -0.3 is 0 Å². The van der Waals surface area contributed by atoms with Crippen LogP contribution in [0.15, 0.2) is 18.2 Å². The van der Waals surface area contributed by atoms with Gasteiger partial charge in [-0.05, 0) is 36.5 Å². The second kappa shape index (κ2) is 6.08. The van der Waals surface area contributed by atoms with E-state index in [1.165, 1.54) is 4.31 Å². The van der Waals surface area contributed by atoms with Gasteiger partial charge in [-0.3, -0.25) is 9.03 Å². The van der Waals surface area contributed by atoms with Gasteiger partial charge in [-0.2, -0.15) is 0 Å². The van der Waals surface area contributed by atoms with Crippen LogP contribution in [0.1, 0.15) is 25.8 Å². The minimum absolute atomic E-state index is 0.0163. The van der Waals surface area contributed by atoms with Gasteiger partial charge in [-0.25, -0.2) is 16.8 Å². The van der Waals surface area contributed by atoms with Crippen LogP contribution in [0.3, 0.4) is 0 Å². The number of anilines is 2. The topological polar surface area (TPSA) is 83.6 Å². The lowest BCUT2D eigenvalue weighted by molar-refractivity contribution is 0.587. The van der Waals surface area contributed by atoms with Crippen LogP contribution in [0.4, 0.5) is 11.4 Å². The minimum Gasteiger partial charge on any atom is -0.283 e. The monoisotopic (exact) mass is 346 g/mol. The molecule has 0 aliphatic carbocycles. The molecule has 0 atom stereocenters. The van der Waals surface area contributed by atoms with Gasteiger partial charge in [0.05, 0.1) is 23.4 Å². The standard InChI is InChI=1S/C14H22N2O4S2/c1-11(2)10-22(19,20)15-13-7-6-12-5-4-8-16(14(12)9-13)21(3,17)18/h6-7,9,11,15H,4-5,8,10H2,1-3H3. The van der Waals surface area contributed by atoms with Crippen molar-refractivity contribution in [3.63, 3.8) is 0 Å². The predicted molar refractivity (Wildman–Crippen MR) is 89.2 cm³/mol. The molecule has 0 aromatic heterocycles. The first-order chi connectivity index (χ1) is 10.1. The van der Waals surface area contributed by atoms with E-state index in [4.69, 9.17) is 0 Å². The Hall–Kier alpha value is -1.28. The SMILES string of the molecule is CC(C)CS(=O)(=O)Nc1ccc2c(c1)N(S(C)(=O)=O)CCC2. The highest BCUT2D eigenvalue weighted by Gasteiger charge is 2.24. The maximum Gasteiger partial charge on any atom is 0.232 e. The maximum absolute atomic E-state index is 12.0. The molecule has 2 rings (SSSR count). The van der Waals surface area contributed by atoms with Gasteiger partial charge in [0.2, 0.25) is 20.0 Å². The average molecular weight is 346 g/mol. The molecule has 1 aromatic carbocycles. The van der Waals surface area contributed by atoms with Crippen LogP contribution in [0.25, 0.3) is 0 Å². The van der Waals surface area contributed by atoms with Gasteiger partial charge in [0, 0.05) is 6.54 Å². The van der Waals surface area contributed by atoms with E-state index in [0.717, 1.165) is 24.7 Å². The van der Waals surface area contributed by atoms with Crippen LogP contribution in [0, 0.1) is 5.92 Å². The molecule has 1 aliphatic rings. The van der Waals surface area contributed by atoms with Crippen molar-refractivity contribution in [2.75, 3.05) is 27.6 Å². The minimum atomic E-state index is -3.43. The number of aryl methyl sites for hydroxylation is 1. The second-order valence-electron chi connectivity index (χ2n) is 6.06. The molecule has 0 amide bonds. The van der Waals surface area contributed by atoms with Crippen molar-refractivity contribution in [2.45, 2.75) is 26.7 Å². The molecule has 1 heterocycles. The molecule has 0 saturated heterocycles. The first-order valence-corrected chi connectivity index (χ1v) is 10.7. The third-order valence-corrected chi connectivity index (χ3v) is 6.22. The normalized spacial score (nSPS) is 15.7. The van der Waals surface area contributed by atoms with Gasteiger partial charge in [0.1, 0.15) is 0 Å². The number of nitrogens with zero attached hydrogens (tertiary/aromatic N) is 1. The number of hydrogen-bond acceptors (Lipinski definition) is 4. The van der Waals surface area contributed by atoms with Gasteiger partial charge in [0.15, 0.2) is 0 Å². The van der Waals surface area contributed by atoms with Crippen LogP contribution in [-0.2, 0) is 26.5 Å². The highest BCUT2D eigenvalue weighted by atomic mass is 32.2. The number of benzene rings is 1. The fraction of sp³-hybridized carbons (Fsp3) is 0.571. The molecule has 0 radical (unpaired) electrons. The molecule has 0 fully saturated rings. The molecule has 0 saturated carbocycles. The Bertz CT molecular complexity index is 755. The van der Waals surface area contributed by atoms with Crippen LogP contribution >= 0.6 is 0 Å². The molecule has 0 bridgehead atoms. The summed E-state index contributed by atoms with van der Waals surface area (Å²) in [7, 11) is -6.79. The molecular formula is C14H22N2O4S2. The molecular weight excluding hydrogens is 324 g/mol. The molecule has 1 aliphatic heterocycles. The first kappa shape index (κ1) is 17.1. The molecule has 8 heteroatoms. The summed E-state index contributed by atoms with van der Waals surface area (Å²) in [4.78, 5) is 0. The molecule has 0 spiro atoms. The van der Waals surface area contributed by atoms with Crippen molar-refractivity contribution in [2.24, 2.45) is 5.92 Å². The third kappa shape index (κ3) is 4.13. The predicted octanol–water partition coefficient (Wildman–Crippen LogP) is 1.80. The van der Waals surface area contributed by atoms with E-state index < -0.39 is 20.0 Å². The lowest BCUT2D eigenvalue weighted by Gasteiger charge is -2.29. The van der Waals surface area contributed by atoms with Crippen LogP contribution in [0.5, 0.6) is 0 Å². The lowest BCUT2D eigenvalue weighted by Crippen LogP contribution is -2.34. The Morgan fingerprint density at radius 3 is 2.50 bits per heavy atom. The molecule has 6 nitrogen and oxygen atoms in total. The van der Waals surface area contributed by atoms with Crippen molar-refractivity contribution in [1.29, 1.82) is 0 Å². The van der Waals surface area contributed by atoms with Crippen molar-refractivity contribution in [3.8, 4) is 0 Å². The summed E-state index contributed by atoms with van der Waals surface area (Å²) in [6.45, 7) is 4.09. The molecule has 0 unspecified atom stereocenters. The summed E-state index contributed by atoms with van der Waals surface area (Å²) >= 11 is 0. The highest BCUT2D eigenvalue weighted by molar-refractivity contribution is 7.92. The highest BCUT2D eigenvalue weighted by Crippen LogP contribution is 2.32. The molecule has 124 valence electrons. The number of fused-ring (bicyclic) bond motifs is 1. The number of hydrogen-bond donors (Lipinski definition) is 1. The fourth-order valence-electron chi connectivity index (χ4n) is 2.61. The lowest BCUT2D eigenvalue weighted by atomic mass is 10.0. The zero-order valence-corrected chi connectivity index (χ0v) is 14.7. The van der Waals surface area contributed by atoms with E-state index in [1.807, 2.05) is 13.8 Å². The third-order valence-electron chi connectivity index (χ3n) is 3.39. The molecule has 22 heavy (non-hydrogen) atoms. The van der Waals surface area contributed by atoms with Crippen LogP contribution in [0.2, 0.25) is 0 Å². The van der Waals surface area contributed by atoms with Crippen molar-refractivity contribution in [1.82, 2.24) is 0 Å². The number of sulfonamides is 2. The summed E-state index contributed by atoms with van der Waals surface area (Å²) in [5.74, 6) is 0.0440. The van der Waals surface area contributed by atoms with Crippen LogP contribution < -0.4 is 9.03 Å². The van der Waals surface area contributed by atoms with Gasteiger partial charge in [0.25, 0.3) is 0 Å². The smallest absolute Gasteiger partial charge is 0.232 e. The quantitative estimate of drug-likeness (QED) is 0.881. The van der Waals surface area contributed by atoms with Crippen molar-refractivity contribution >= 4 is 31.4 Å². The van der Waals surface area contributed by atoms with E-state index in [0.29, 0.717) is 17.9 Å². The summed E-state index contributed by atoms with van der Waals surface area (Å²) in [5.41, 5.74) is 1.89. The Kier molecular flexibility index (Phi) is 4.72. The van der Waals surface area contributed by atoms with E-state index in [2.05, 4.69) is 4.72 Å².